The molecular weight excluding hydrogens is 420 g/mol. The molecule has 4 aromatic rings. The van der Waals surface area contributed by atoms with Crippen LogP contribution in [0.1, 0.15) is 35.6 Å². The number of unbranched alkanes of at least 4 members (excludes halogenated alkanes) is 1. The van der Waals surface area contributed by atoms with Crippen LogP contribution in [0.4, 0.5) is 0 Å². The molecule has 2 aromatic heterocycles. The van der Waals surface area contributed by atoms with Crippen molar-refractivity contribution in [2.75, 3.05) is 0 Å². The van der Waals surface area contributed by atoms with Gasteiger partial charge in [-0.2, -0.15) is 9.59 Å². The number of aromatic nitrogens is 4. The van der Waals surface area contributed by atoms with Gasteiger partial charge in [-0.1, -0.05) is 47.7 Å². The molecule has 0 radical (unpaired) electrons. The summed E-state index contributed by atoms with van der Waals surface area (Å²) >= 11 is 0. The second-order valence-corrected chi connectivity index (χ2v) is 7.06. The second-order valence-electron chi connectivity index (χ2n) is 7.06. The number of carbonyl (C=O) groups excluding carboxylic acids is 2. The Kier molecular flexibility index (Phi) is 9.34. The zero-order valence-electron chi connectivity index (χ0n) is 18.0. The van der Waals surface area contributed by atoms with Gasteiger partial charge in [0.05, 0.1) is 6.20 Å². The minimum atomic E-state index is 0.250. The highest BCUT2D eigenvalue weighted by Gasteiger charge is 2.03. The van der Waals surface area contributed by atoms with Crippen molar-refractivity contribution in [1.29, 1.82) is 0 Å². The van der Waals surface area contributed by atoms with Gasteiger partial charge < -0.3 is 9.15 Å². The van der Waals surface area contributed by atoms with Crippen molar-refractivity contribution < 1.29 is 18.7 Å². The third kappa shape index (κ3) is 8.40. The molecule has 8 nitrogen and oxygen atoms in total. The Hall–Kier alpha value is -4.29. The lowest BCUT2D eigenvalue weighted by Gasteiger charge is -2.06. The highest BCUT2D eigenvalue weighted by atomic mass is 16.5. The van der Waals surface area contributed by atoms with Crippen LogP contribution in [0.2, 0.25) is 0 Å². The molecule has 0 saturated heterocycles. The monoisotopic (exact) mass is 444 g/mol. The maximum Gasteiger partial charge on any atom is 0.373 e. The summed E-state index contributed by atoms with van der Waals surface area (Å²) in [4.78, 5) is 20.7. The zero-order chi connectivity index (χ0) is 23.1. The van der Waals surface area contributed by atoms with E-state index in [4.69, 9.17) is 18.7 Å². The minimum absolute atomic E-state index is 0.250. The number of nitrogens with zero attached hydrogens (tertiary/aromatic N) is 4. The lowest BCUT2D eigenvalue weighted by atomic mass is 10.1. The van der Waals surface area contributed by atoms with E-state index < -0.39 is 0 Å². The summed E-state index contributed by atoms with van der Waals surface area (Å²) in [7, 11) is 0. The smallest absolute Gasteiger partial charge is 0.373 e. The van der Waals surface area contributed by atoms with Crippen molar-refractivity contribution in [2.24, 2.45) is 0 Å². The van der Waals surface area contributed by atoms with E-state index >= 15 is 0 Å². The summed E-state index contributed by atoms with van der Waals surface area (Å²) in [5.41, 5.74) is 3.17. The molecule has 33 heavy (non-hydrogen) atoms. The average Bonchev–Trinajstić information content (AvgIpc) is 3.53. The first kappa shape index (κ1) is 23.4. The molecule has 0 atom stereocenters. The van der Waals surface area contributed by atoms with Crippen LogP contribution < -0.4 is 4.74 Å². The van der Waals surface area contributed by atoms with Crippen LogP contribution in [0.5, 0.6) is 5.75 Å². The van der Waals surface area contributed by atoms with E-state index in [1.165, 1.54) is 5.56 Å². The molecule has 8 heteroatoms. The summed E-state index contributed by atoms with van der Waals surface area (Å²) in [5.74, 6) is 1.39. The predicted octanol–water partition coefficient (Wildman–Crippen LogP) is 4.45. The Balaban J connectivity index is 0.000000968. The quantitative estimate of drug-likeness (QED) is 0.333. The maximum atomic E-state index is 8.12. The van der Waals surface area contributed by atoms with Gasteiger partial charge in [0, 0.05) is 18.8 Å². The van der Waals surface area contributed by atoms with Crippen LogP contribution in [0.25, 0.3) is 12.2 Å². The Labute approximate surface area is 191 Å². The number of rotatable bonds is 10. The van der Waals surface area contributed by atoms with E-state index in [2.05, 4.69) is 27.4 Å². The van der Waals surface area contributed by atoms with Gasteiger partial charge >= 0.3 is 6.15 Å². The summed E-state index contributed by atoms with van der Waals surface area (Å²) in [6.45, 7) is 1.28. The van der Waals surface area contributed by atoms with E-state index in [1.807, 2.05) is 65.5 Å². The Bertz CT molecular complexity index is 1130. The van der Waals surface area contributed by atoms with Gasteiger partial charge in [0.1, 0.15) is 24.3 Å². The Morgan fingerprint density at radius 3 is 2.52 bits per heavy atom. The molecule has 0 amide bonds. The lowest BCUT2D eigenvalue weighted by molar-refractivity contribution is -0.191. The zero-order valence-corrected chi connectivity index (χ0v) is 18.0. The van der Waals surface area contributed by atoms with E-state index in [1.54, 1.807) is 12.5 Å². The first-order valence-electron chi connectivity index (χ1n) is 10.5. The number of benzene rings is 2. The highest BCUT2D eigenvalue weighted by molar-refractivity contribution is 5.65. The maximum absolute atomic E-state index is 8.12. The van der Waals surface area contributed by atoms with Gasteiger partial charge in [0.15, 0.2) is 0 Å². The first-order chi connectivity index (χ1) is 16.3. The minimum Gasteiger partial charge on any atom is -0.487 e. The fourth-order valence-corrected chi connectivity index (χ4v) is 3.06. The van der Waals surface area contributed by atoms with Gasteiger partial charge in [0.2, 0.25) is 5.89 Å². The number of oxazole rings is 1. The van der Waals surface area contributed by atoms with E-state index in [-0.39, 0.29) is 6.15 Å². The normalized spacial score (nSPS) is 10.4. The van der Waals surface area contributed by atoms with Gasteiger partial charge in [0.25, 0.3) is 0 Å². The molecule has 4 rings (SSSR count). The molecule has 168 valence electrons. The molecule has 0 saturated carbocycles. The molecule has 2 heterocycles. The standard InChI is InChI=1S/C24H24N4O2.CO2/c1-2-6-20(7-3-1)11-14-24-26-22(19-30-24)18-29-23-12-9-21(10-13-23)8-4-5-16-28-17-15-25-27-28;2-1-3/h1-3,6-7,9-15,17,19H,4-5,8,16,18H2;/b14-11+;. The summed E-state index contributed by atoms with van der Waals surface area (Å²) in [6.07, 6.45) is 12.5. The van der Waals surface area contributed by atoms with Crippen LogP contribution in [0.3, 0.4) is 0 Å². The molecule has 0 N–H and O–H groups in total. The van der Waals surface area contributed by atoms with Crippen molar-refractivity contribution in [3.63, 3.8) is 0 Å². The van der Waals surface area contributed by atoms with E-state index in [9.17, 15) is 0 Å². The van der Waals surface area contributed by atoms with Crippen LogP contribution in [-0.2, 0) is 29.2 Å². The van der Waals surface area contributed by atoms with Crippen LogP contribution in [-0.4, -0.2) is 26.1 Å². The van der Waals surface area contributed by atoms with Crippen LogP contribution >= 0.6 is 0 Å². The number of ether oxygens (including phenoxy) is 1. The molecule has 0 spiro atoms. The van der Waals surface area contributed by atoms with Crippen molar-refractivity contribution in [1.82, 2.24) is 20.0 Å². The molecule has 0 aliphatic carbocycles. The lowest BCUT2D eigenvalue weighted by Crippen LogP contribution is -1.99. The van der Waals surface area contributed by atoms with Crippen LogP contribution in [0, 0.1) is 0 Å². The molecule has 0 fully saturated rings. The van der Waals surface area contributed by atoms with Gasteiger partial charge in [-0.05, 0) is 48.6 Å². The van der Waals surface area contributed by atoms with Crippen molar-refractivity contribution in [2.45, 2.75) is 32.4 Å². The second kappa shape index (κ2) is 13.2. The van der Waals surface area contributed by atoms with Gasteiger partial charge in [-0.3, -0.25) is 4.68 Å². The van der Waals surface area contributed by atoms with E-state index in [0.29, 0.717) is 12.5 Å². The largest absolute Gasteiger partial charge is 0.487 e. The van der Waals surface area contributed by atoms with Crippen molar-refractivity contribution >= 4 is 18.3 Å². The molecule has 0 aliphatic rings. The summed E-state index contributed by atoms with van der Waals surface area (Å²) < 4.78 is 13.2. The predicted molar refractivity (Wildman–Crippen MR) is 121 cm³/mol. The molecule has 2 aromatic carbocycles. The molecule has 0 aliphatic heterocycles. The van der Waals surface area contributed by atoms with Gasteiger partial charge in [-0.15, -0.1) is 5.10 Å². The Morgan fingerprint density at radius 1 is 1.00 bits per heavy atom. The fraction of sp³-hybridized carbons (Fsp3) is 0.200. The third-order valence-corrected chi connectivity index (χ3v) is 4.67. The first-order valence-corrected chi connectivity index (χ1v) is 10.5. The fourth-order valence-electron chi connectivity index (χ4n) is 3.06. The average molecular weight is 444 g/mol. The highest BCUT2D eigenvalue weighted by Crippen LogP contribution is 2.16. The summed E-state index contributed by atoms with van der Waals surface area (Å²) in [6, 6.07) is 18.3. The van der Waals surface area contributed by atoms with Crippen molar-refractivity contribution in [3.05, 3.63) is 96.0 Å². The molecular formula is C25H24N4O4. The summed E-state index contributed by atoms with van der Waals surface area (Å²) in [5, 5.41) is 7.79. The molecule has 0 bridgehead atoms. The SMILES string of the molecule is C(=C\c1nc(COc2ccc(CCCCn3ccnn3)cc2)co1)/c1ccccc1.O=C=O. The number of hydrogen-bond acceptors (Lipinski definition) is 7. The topological polar surface area (TPSA) is 100 Å². The van der Waals surface area contributed by atoms with Gasteiger partial charge in [-0.25, -0.2) is 4.98 Å². The van der Waals surface area contributed by atoms with Crippen molar-refractivity contribution in [3.8, 4) is 5.75 Å². The number of hydrogen-bond donors (Lipinski definition) is 0. The van der Waals surface area contributed by atoms with E-state index in [0.717, 1.165) is 42.8 Å². The number of aryl methyl sites for hydroxylation is 2. The third-order valence-electron chi connectivity index (χ3n) is 4.67. The Morgan fingerprint density at radius 2 is 1.79 bits per heavy atom. The van der Waals surface area contributed by atoms with Crippen LogP contribution in [0.15, 0.2) is 77.7 Å². The molecule has 0 unspecified atom stereocenters.